The van der Waals surface area contributed by atoms with Crippen LogP contribution in [0.5, 0.6) is 0 Å². The summed E-state index contributed by atoms with van der Waals surface area (Å²) in [5.41, 5.74) is -0.0466. The molecule has 0 radical (unpaired) electrons. The average molecular weight is 526 g/mol. The van der Waals surface area contributed by atoms with Crippen LogP contribution in [-0.4, -0.2) is 50.3 Å². The molecular formula is C23H18F4N10O. The van der Waals surface area contributed by atoms with Crippen LogP contribution in [0.25, 0.3) is 11.5 Å². The second-order valence-electron chi connectivity index (χ2n) is 9.19. The third-order valence-corrected chi connectivity index (χ3v) is 6.70. The van der Waals surface area contributed by atoms with Crippen LogP contribution in [-0.2, 0) is 23.4 Å². The van der Waals surface area contributed by atoms with Crippen LogP contribution in [0.3, 0.4) is 0 Å². The highest BCUT2D eigenvalue weighted by atomic mass is 19.4. The van der Waals surface area contributed by atoms with Gasteiger partial charge in [0.25, 0.3) is 0 Å². The Bertz CT molecular complexity index is 1690. The van der Waals surface area contributed by atoms with Gasteiger partial charge in [0.2, 0.25) is 11.9 Å². The highest BCUT2D eigenvalue weighted by Crippen LogP contribution is 2.50. The molecule has 5 aromatic rings. The SMILES string of the molecule is Cn1cc([C@]2(C)C[C@@H](C(=O)Nc3cnc(-n4nccn4)c(C(F)(F)F)c3)c3cnc4cc(F)nn4c32)cn1. The number of carbonyl (C=O) groups is 1. The summed E-state index contributed by atoms with van der Waals surface area (Å²) in [7, 11) is 1.75. The molecule has 194 valence electrons. The van der Waals surface area contributed by atoms with Crippen molar-refractivity contribution in [1.29, 1.82) is 0 Å². The van der Waals surface area contributed by atoms with E-state index < -0.39 is 40.7 Å². The molecule has 5 heterocycles. The Kier molecular flexibility index (Phi) is 5.09. The summed E-state index contributed by atoms with van der Waals surface area (Å²) in [5, 5.41) is 18.2. The van der Waals surface area contributed by atoms with Crippen molar-refractivity contribution in [2.24, 2.45) is 7.05 Å². The molecule has 0 bridgehead atoms. The zero-order valence-corrected chi connectivity index (χ0v) is 19.8. The third-order valence-electron chi connectivity index (χ3n) is 6.70. The summed E-state index contributed by atoms with van der Waals surface area (Å²) in [6.45, 7) is 1.88. The van der Waals surface area contributed by atoms with Crippen molar-refractivity contribution in [2.75, 3.05) is 5.32 Å². The second kappa shape index (κ2) is 8.16. The summed E-state index contributed by atoms with van der Waals surface area (Å²) < 4.78 is 58.5. The maximum Gasteiger partial charge on any atom is 0.420 e. The van der Waals surface area contributed by atoms with Gasteiger partial charge in [0.1, 0.15) is 5.56 Å². The van der Waals surface area contributed by atoms with Crippen LogP contribution in [0.15, 0.2) is 49.3 Å². The number of hydrogen-bond donors (Lipinski definition) is 1. The summed E-state index contributed by atoms with van der Waals surface area (Å²) in [6.07, 6.45) is 3.91. The number of aromatic nitrogens is 9. The number of amides is 1. The first-order chi connectivity index (χ1) is 18.0. The smallest absolute Gasteiger partial charge is 0.324 e. The highest BCUT2D eigenvalue weighted by molar-refractivity contribution is 5.97. The summed E-state index contributed by atoms with van der Waals surface area (Å²) >= 11 is 0. The van der Waals surface area contributed by atoms with E-state index in [9.17, 15) is 22.4 Å². The molecule has 5 aromatic heterocycles. The molecule has 1 amide bonds. The van der Waals surface area contributed by atoms with Crippen LogP contribution >= 0.6 is 0 Å². The van der Waals surface area contributed by atoms with Crippen molar-refractivity contribution in [3.05, 3.63) is 77.6 Å². The monoisotopic (exact) mass is 526 g/mol. The minimum atomic E-state index is -4.78. The topological polar surface area (TPSA) is 121 Å². The molecule has 0 saturated carbocycles. The van der Waals surface area contributed by atoms with Gasteiger partial charge in [-0.25, -0.2) is 14.5 Å². The summed E-state index contributed by atoms with van der Waals surface area (Å²) in [5.74, 6) is -2.67. The summed E-state index contributed by atoms with van der Waals surface area (Å²) in [4.78, 5) is 22.4. The molecule has 1 aliphatic carbocycles. The number of pyridine rings is 1. The predicted octanol–water partition coefficient (Wildman–Crippen LogP) is 3.03. The average Bonchev–Trinajstić information content (AvgIpc) is 3.64. The zero-order chi connectivity index (χ0) is 26.8. The van der Waals surface area contributed by atoms with Crippen LogP contribution in [0.4, 0.5) is 23.2 Å². The molecule has 0 saturated heterocycles. The largest absolute Gasteiger partial charge is 0.420 e. The molecule has 0 spiro atoms. The van der Waals surface area contributed by atoms with Crippen molar-refractivity contribution in [1.82, 2.24) is 44.4 Å². The van der Waals surface area contributed by atoms with E-state index in [1.54, 1.807) is 24.1 Å². The van der Waals surface area contributed by atoms with Gasteiger partial charge in [0, 0.05) is 42.0 Å². The molecule has 0 aliphatic heterocycles. The van der Waals surface area contributed by atoms with E-state index in [-0.39, 0.29) is 17.8 Å². The molecule has 0 fully saturated rings. The molecule has 6 rings (SSSR count). The van der Waals surface area contributed by atoms with E-state index in [0.29, 0.717) is 11.3 Å². The molecule has 15 heteroatoms. The Morgan fingerprint density at radius 2 is 1.87 bits per heavy atom. The maximum atomic E-state index is 14.1. The van der Waals surface area contributed by atoms with Crippen molar-refractivity contribution < 1.29 is 22.4 Å². The maximum absolute atomic E-state index is 14.1. The number of nitrogens with zero attached hydrogens (tertiary/aromatic N) is 9. The van der Waals surface area contributed by atoms with E-state index in [1.807, 2.05) is 6.92 Å². The van der Waals surface area contributed by atoms with E-state index in [1.165, 1.54) is 29.2 Å². The number of aryl methyl sites for hydroxylation is 1. The standard InChI is InChI=1S/C23H18F4N10O/c1-22(12-8-32-35(2)11-12)7-14(15-10-28-18-6-17(24)34-36(18)19(15)22)21(38)33-13-5-16(23(25,26)27)20(29-9-13)37-30-3-4-31-37/h3-6,8-11,14H,7H2,1-2H3,(H,33,38)/t14-,22+/m1/s1. The number of rotatable bonds is 4. The van der Waals surface area contributed by atoms with E-state index in [4.69, 9.17) is 0 Å². The molecule has 1 N–H and O–H groups in total. The number of alkyl halides is 3. The van der Waals surface area contributed by atoms with Gasteiger partial charge < -0.3 is 5.32 Å². The lowest BCUT2D eigenvalue weighted by molar-refractivity contribution is -0.137. The minimum absolute atomic E-state index is 0.158. The zero-order valence-electron chi connectivity index (χ0n) is 19.8. The van der Waals surface area contributed by atoms with Gasteiger partial charge >= 0.3 is 6.18 Å². The summed E-state index contributed by atoms with van der Waals surface area (Å²) in [6, 6.07) is 1.96. The first kappa shape index (κ1) is 23.7. The van der Waals surface area contributed by atoms with E-state index >= 15 is 0 Å². The van der Waals surface area contributed by atoms with Crippen molar-refractivity contribution in [2.45, 2.75) is 30.9 Å². The van der Waals surface area contributed by atoms with Crippen LogP contribution in [0.2, 0.25) is 0 Å². The molecule has 1 aliphatic rings. The van der Waals surface area contributed by atoms with Gasteiger partial charge in [-0.05, 0) is 19.4 Å². The predicted molar refractivity (Wildman–Crippen MR) is 123 cm³/mol. The number of carbonyl (C=O) groups excluding carboxylic acids is 1. The number of fused-ring (bicyclic) bond motifs is 3. The first-order valence-corrected chi connectivity index (χ1v) is 11.3. The lowest BCUT2D eigenvalue weighted by Gasteiger charge is -2.24. The second-order valence-corrected chi connectivity index (χ2v) is 9.19. The van der Waals surface area contributed by atoms with Crippen molar-refractivity contribution >= 4 is 17.2 Å². The minimum Gasteiger partial charge on any atom is -0.324 e. The first-order valence-electron chi connectivity index (χ1n) is 11.3. The number of anilines is 1. The normalized spacial score (nSPS) is 19.2. The molecular weight excluding hydrogens is 508 g/mol. The van der Waals surface area contributed by atoms with Gasteiger partial charge in [-0.2, -0.15) is 32.9 Å². The van der Waals surface area contributed by atoms with Crippen LogP contribution in [0, 0.1) is 5.95 Å². The Hall–Kier alpha value is -4.69. The Morgan fingerprint density at radius 3 is 2.55 bits per heavy atom. The highest BCUT2D eigenvalue weighted by Gasteiger charge is 2.48. The third kappa shape index (κ3) is 3.69. The van der Waals surface area contributed by atoms with Gasteiger partial charge in [0.15, 0.2) is 11.5 Å². The Labute approximate surface area is 211 Å². The van der Waals surface area contributed by atoms with Gasteiger partial charge in [-0.3, -0.25) is 9.48 Å². The fourth-order valence-corrected chi connectivity index (χ4v) is 4.98. The van der Waals surface area contributed by atoms with E-state index in [2.05, 4.69) is 35.7 Å². The molecule has 0 unspecified atom stereocenters. The van der Waals surface area contributed by atoms with E-state index in [0.717, 1.165) is 22.6 Å². The molecule has 11 nitrogen and oxygen atoms in total. The van der Waals surface area contributed by atoms with Crippen LogP contribution in [0.1, 0.15) is 41.6 Å². The molecule has 2 atom stereocenters. The fraction of sp³-hybridized carbons (Fsp3) is 0.261. The van der Waals surface area contributed by atoms with Gasteiger partial charge in [-0.1, -0.05) is 0 Å². The molecule has 0 aromatic carbocycles. The number of hydrogen-bond acceptors (Lipinski definition) is 7. The Morgan fingerprint density at radius 1 is 1.11 bits per heavy atom. The van der Waals surface area contributed by atoms with Crippen molar-refractivity contribution in [3.63, 3.8) is 0 Å². The molecule has 38 heavy (non-hydrogen) atoms. The lowest BCUT2D eigenvalue weighted by atomic mass is 9.80. The fourth-order valence-electron chi connectivity index (χ4n) is 4.98. The lowest BCUT2D eigenvalue weighted by Crippen LogP contribution is -2.25. The van der Waals surface area contributed by atoms with Crippen molar-refractivity contribution in [3.8, 4) is 5.82 Å². The van der Waals surface area contributed by atoms with Gasteiger partial charge in [-0.15, -0.1) is 9.90 Å². The number of nitrogens with one attached hydrogen (secondary N) is 1. The quantitative estimate of drug-likeness (QED) is 0.358. The van der Waals surface area contributed by atoms with Gasteiger partial charge in [0.05, 0.1) is 42.1 Å². The Balaban J connectivity index is 1.40. The van der Waals surface area contributed by atoms with Crippen LogP contribution < -0.4 is 5.32 Å². The number of halogens is 4.